The second-order valence-corrected chi connectivity index (χ2v) is 9.62. The van der Waals surface area contributed by atoms with Crippen LogP contribution < -0.4 is 5.32 Å². The molecule has 1 saturated carbocycles. The van der Waals surface area contributed by atoms with Gasteiger partial charge in [0.25, 0.3) is 5.91 Å². The average molecular weight is 397 g/mol. The summed E-state index contributed by atoms with van der Waals surface area (Å²) in [4.78, 5) is 12.7. The van der Waals surface area contributed by atoms with Gasteiger partial charge in [0, 0.05) is 24.6 Å². The van der Waals surface area contributed by atoms with Gasteiger partial charge in [-0.1, -0.05) is 36.6 Å². The summed E-state index contributed by atoms with van der Waals surface area (Å²) in [6.45, 7) is 4.26. The normalized spacial score (nSPS) is 20.5. The lowest BCUT2D eigenvalue weighted by atomic mass is 9.80. The molecule has 1 aromatic carbocycles. The predicted octanol–water partition coefficient (Wildman–Crippen LogP) is 5.24. The zero-order valence-electron chi connectivity index (χ0n) is 18.0. The molecule has 0 radical (unpaired) electrons. The van der Waals surface area contributed by atoms with Crippen LogP contribution in [0.3, 0.4) is 0 Å². The van der Waals surface area contributed by atoms with Crippen LogP contribution >= 0.6 is 0 Å². The largest absolute Gasteiger partial charge is 0.361 e. The molecular weight excluding hydrogens is 362 g/mol. The third kappa shape index (κ3) is 4.72. The van der Waals surface area contributed by atoms with Gasteiger partial charge in [0.05, 0.1) is 27.2 Å². The van der Waals surface area contributed by atoms with Crippen molar-refractivity contribution in [2.45, 2.75) is 63.7 Å². The fourth-order valence-corrected chi connectivity index (χ4v) is 4.96. The fourth-order valence-electron chi connectivity index (χ4n) is 4.96. The Morgan fingerprint density at radius 1 is 1.03 bits per heavy atom. The van der Waals surface area contributed by atoms with E-state index in [1.54, 1.807) is 13.0 Å². The molecule has 5 heteroatoms. The molecule has 2 fully saturated rings. The molecule has 1 amide bonds. The van der Waals surface area contributed by atoms with Gasteiger partial charge in [-0.05, 0) is 48.8 Å². The van der Waals surface area contributed by atoms with Gasteiger partial charge < -0.3 is 14.3 Å². The van der Waals surface area contributed by atoms with Crippen LogP contribution in [0.5, 0.6) is 0 Å². The smallest absolute Gasteiger partial charge is 0.277 e. The lowest BCUT2D eigenvalue weighted by molar-refractivity contribution is -0.895. The number of carbonyl (C=O) groups is 1. The number of amides is 1. The Morgan fingerprint density at radius 2 is 1.76 bits per heavy atom. The van der Waals surface area contributed by atoms with Crippen molar-refractivity contribution < 1.29 is 13.8 Å². The molecule has 4 rings (SSSR count). The van der Waals surface area contributed by atoms with Gasteiger partial charge in [0.1, 0.15) is 5.76 Å². The molecule has 5 nitrogen and oxygen atoms in total. The fraction of sp³-hybridized carbons (Fsp3) is 0.583. The van der Waals surface area contributed by atoms with Crippen LogP contribution in [-0.2, 0) is 0 Å². The number of hydrogen-bond acceptors (Lipinski definition) is 3. The summed E-state index contributed by atoms with van der Waals surface area (Å²) in [5.41, 5.74) is 4.04. The monoisotopic (exact) mass is 396 g/mol. The van der Waals surface area contributed by atoms with E-state index in [0.29, 0.717) is 23.3 Å². The topological polar surface area (TPSA) is 55.1 Å². The van der Waals surface area contributed by atoms with E-state index in [2.05, 4.69) is 42.8 Å². The molecular formula is C24H34N3O2+. The molecule has 2 aliphatic rings. The SMILES string of the molecule is Cc1cc(C(=O)Nc2ccc(C3CC[N+](C)(C)CC3)cc2C2CCCCC2)no1. The van der Waals surface area contributed by atoms with Crippen molar-refractivity contribution >= 4 is 11.6 Å². The number of nitrogens with zero attached hydrogens (tertiary/aromatic N) is 2. The number of quaternary nitrogens is 1. The van der Waals surface area contributed by atoms with Crippen molar-refractivity contribution in [3.63, 3.8) is 0 Å². The average Bonchev–Trinajstić information content (AvgIpc) is 3.16. The van der Waals surface area contributed by atoms with Gasteiger partial charge in [0.2, 0.25) is 0 Å². The minimum absolute atomic E-state index is 0.191. The van der Waals surface area contributed by atoms with Crippen LogP contribution in [0.4, 0.5) is 5.69 Å². The second-order valence-electron chi connectivity index (χ2n) is 9.62. The van der Waals surface area contributed by atoms with Gasteiger partial charge in [-0.25, -0.2) is 0 Å². The van der Waals surface area contributed by atoms with Crippen molar-refractivity contribution in [3.05, 3.63) is 46.8 Å². The van der Waals surface area contributed by atoms with E-state index in [1.165, 1.54) is 69.2 Å². The maximum Gasteiger partial charge on any atom is 0.277 e. The lowest BCUT2D eigenvalue weighted by Gasteiger charge is -2.37. The summed E-state index contributed by atoms with van der Waals surface area (Å²) in [7, 11) is 4.65. The quantitative estimate of drug-likeness (QED) is 0.719. The summed E-state index contributed by atoms with van der Waals surface area (Å²) in [6, 6.07) is 8.44. The Morgan fingerprint density at radius 3 is 2.41 bits per heavy atom. The highest BCUT2D eigenvalue weighted by molar-refractivity contribution is 6.03. The number of hydrogen-bond donors (Lipinski definition) is 1. The molecule has 1 N–H and O–H groups in total. The zero-order chi connectivity index (χ0) is 20.4. The number of benzene rings is 1. The van der Waals surface area contributed by atoms with Crippen LogP contribution in [0.1, 0.15) is 84.2 Å². The summed E-state index contributed by atoms with van der Waals surface area (Å²) in [5, 5.41) is 6.99. The first kappa shape index (κ1) is 20.1. The standard InChI is InChI=1S/C24H33N3O2/c1-17-15-23(26-29-17)24(28)25-22-10-9-20(18-11-13-27(2,3)14-12-18)16-21(22)19-7-5-4-6-8-19/h9-10,15-16,18-19H,4-8,11-14H2,1-3H3/p+1. The van der Waals surface area contributed by atoms with Crippen LogP contribution in [0.25, 0.3) is 0 Å². The molecule has 1 aromatic heterocycles. The van der Waals surface area contributed by atoms with E-state index in [-0.39, 0.29) is 5.91 Å². The molecule has 29 heavy (non-hydrogen) atoms. The van der Waals surface area contributed by atoms with Crippen molar-refractivity contribution in [3.8, 4) is 0 Å². The van der Waals surface area contributed by atoms with Crippen molar-refractivity contribution in [1.29, 1.82) is 0 Å². The molecule has 1 saturated heterocycles. The van der Waals surface area contributed by atoms with E-state index in [4.69, 9.17) is 4.52 Å². The third-order valence-corrected chi connectivity index (χ3v) is 6.87. The van der Waals surface area contributed by atoms with Crippen LogP contribution in [0.15, 0.2) is 28.8 Å². The molecule has 2 heterocycles. The maximum absolute atomic E-state index is 12.7. The Bertz CT molecular complexity index is 855. The van der Waals surface area contributed by atoms with Gasteiger partial charge in [-0.3, -0.25) is 4.79 Å². The zero-order valence-corrected chi connectivity index (χ0v) is 18.0. The second kappa shape index (κ2) is 8.31. The van der Waals surface area contributed by atoms with Crippen molar-refractivity contribution in [2.24, 2.45) is 0 Å². The van der Waals surface area contributed by atoms with Crippen LogP contribution in [0, 0.1) is 6.92 Å². The number of rotatable bonds is 4. The number of anilines is 1. The molecule has 156 valence electrons. The van der Waals surface area contributed by atoms with E-state index in [0.717, 1.165) is 10.2 Å². The minimum Gasteiger partial charge on any atom is -0.361 e. The number of nitrogens with one attached hydrogen (secondary N) is 1. The van der Waals surface area contributed by atoms with Gasteiger partial charge in [-0.15, -0.1) is 0 Å². The first-order chi connectivity index (χ1) is 13.9. The number of likely N-dealkylation sites (tertiary alicyclic amines) is 1. The maximum atomic E-state index is 12.7. The molecule has 0 spiro atoms. The van der Waals surface area contributed by atoms with Crippen LogP contribution in [-0.4, -0.2) is 42.7 Å². The highest BCUT2D eigenvalue weighted by atomic mass is 16.5. The van der Waals surface area contributed by atoms with E-state index in [1.807, 2.05) is 0 Å². The summed E-state index contributed by atoms with van der Waals surface area (Å²) in [5.74, 6) is 1.63. The Hall–Kier alpha value is -2.14. The van der Waals surface area contributed by atoms with Gasteiger partial charge in [0.15, 0.2) is 5.69 Å². The summed E-state index contributed by atoms with van der Waals surface area (Å²) in [6.07, 6.45) is 8.78. The van der Waals surface area contributed by atoms with Gasteiger partial charge in [-0.2, -0.15) is 0 Å². The predicted molar refractivity (Wildman–Crippen MR) is 115 cm³/mol. The van der Waals surface area contributed by atoms with Crippen LogP contribution in [0.2, 0.25) is 0 Å². The van der Waals surface area contributed by atoms with Crippen molar-refractivity contribution in [1.82, 2.24) is 5.16 Å². The minimum atomic E-state index is -0.191. The highest BCUT2D eigenvalue weighted by Crippen LogP contribution is 2.39. The molecule has 0 atom stereocenters. The lowest BCUT2D eigenvalue weighted by Crippen LogP contribution is -2.45. The van der Waals surface area contributed by atoms with E-state index >= 15 is 0 Å². The van der Waals surface area contributed by atoms with E-state index in [9.17, 15) is 4.79 Å². The number of piperidine rings is 1. The van der Waals surface area contributed by atoms with Crippen molar-refractivity contribution in [2.75, 3.05) is 32.5 Å². The number of carbonyl (C=O) groups excluding carboxylic acids is 1. The Balaban J connectivity index is 1.59. The van der Waals surface area contributed by atoms with Gasteiger partial charge >= 0.3 is 0 Å². The summed E-state index contributed by atoms with van der Waals surface area (Å²) >= 11 is 0. The first-order valence-corrected chi connectivity index (χ1v) is 11.1. The van der Waals surface area contributed by atoms with E-state index < -0.39 is 0 Å². The highest BCUT2D eigenvalue weighted by Gasteiger charge is 2.28. The Labute approximate surface area is 174 Å². The molecule has 0 bridgehead atoms. The Kier molecular flexibility index (Phi) is 5.77. The number of aromatic nitrogens is 1. The summed E-state index contributed by atoms with van der Waals surface area (Å²) < 4.78 is 6.20. The molecule has 1 aliphatic heterocycles. The molecule has 2 aromatic rings. The molecule has 0 unspecified atom stereocenters. The third-order valence-electron chi connectivity index (χ3n) is 6.87. The molecule has 1 aliphatic carbocycles. The first-order valence-electron chi connectivity index (χ1n) is 11.1. The number of aryl methyl sites for hydroxylation is 1.